The molecule has 0 radical (unpaired) electrons. The number of rotatable bonds is 7. The van der Waals surface area contributed by atoms with Crippen LogP contribution in [0.5, 0.6) is 23.0 Å². The molecule has 0 aliphatic carbocycles. The number of methoxy groups -OCH3 is 3. The quantitative estimate of drug-likeness (QED) is 0.230. The van der Waals surface area contributed by atoms with Gasteiger partial charge in [-0.2, -0.15) is 0 Å². The number of benzene rings is 2. The van der Waals surface area contributed by atoms with Gasteiger partial charge in [0.05, 0.1) is 25.8 Å². The van der Waals surface area contributed by atoms with Gasteiger partial charge >= 0.3 is 59.1 Å². The molecule has 0 fully saturated rings. The average molecular weight is 489 g/mol. The molecule has 0 aliphatic heterocycles. The van der Waals surface area contributed by atoms with Crippen LogP contribution in [-0.2, 0) is 4.57 Å². The molecule has 2 aromatic carbocycles. The fourth-order valence-electron chi connectivity index (χ4n) is 2.22. The van der Waals surface area contributed by atoms with Crippen LogP contribution in [0.2, 0.25) is 0 Å². The second-order valence-corrected chi connectivity index (χ2v) is 6.95. The fourth-order valence-corrected chi connectivity index (χ4v) is 3.22. The van der Waals surface area contributed by atoms with Crippen LogP contribution in [0.1, 0.15) is 11.1 Å². The van der Waals surface area contributed by atoms with Crippen LogP contribution in [0, 0.1) is 0 Å². The van der Waals surface area contributed by atoms with Gasteiger partial charge in [0, 0.05) is 0 Å². The van der Waals surface area contributed by atoms with E-state index in [0.717, 1.165) is 10.0 Å². The van der Waals surface area contributed by atoms with Crippen LogP contribution in [0.15, 0.2) is 34.8 Å². The van der Waals surface area contributed by atoms with Gasteiger partial charge in [0.2, 0.25) is 0 Å². The van der Waals surface area contributed by atoms with Gasteiger partial charge < -0.3 is 33.1 Å². The zero-order chi connectivity index (χ0) is 19.3. The SMILES string of the molecule is COc1ccc(/C=C\c2cc(Br)c(OC)c(OC)c2)cc1OP(=O)([O-])[O-].[Na+].[Na+]. The van der Waals surface area contributed by atoms with Gasteiger partial charge in [0.15, 0.2) is 23.0 Å². The number of ether oxygens (including phenoxy) is 3. The maximum Gasteiger partial charge on any atom is 1.00 e. The zero-order valence-corrected chi connectivity index (χ0v) is 22.7. The Bertz CT molecular complexity index is 871. The normalized spacial score (nSPS) is 10.6. The van der Waals surface area contributed by atoms with E-state index < -0.39 is 7.82 Å². The zero-order valence-electron chi connectivity index (χ0n) is 16.2. The van der Waals surface area contributed by atoms with Crippen molar-refractivity contribution in [1.82, 2.24) is 0 Å². The van der Waals surface area contributed by atoms with E-state index in [0.29, 0.717) is 17.1 Å². The molecule has 2 rings (SSSR count). The summed E-state index contributed by atoms with van der Waals surface area (Å²) in [6.07, 6.45) is 3.51. The summed E-state index contributed by atoms with van der Waals surface area (Å²) in [4.78, 5) is 21.7. The minimum atomic E-state index is -5.19. The maximum atomic E-state index is 10.9. The minimum absolute atomic E-state index is 0. The predicted molar refractivity (Wildman–Crippen MR) is 97.4 cm³/mol. The summed E-state index contributed by atoms with van der Waals surface area (Å²) in [5.41, 5.74) is 1.42. The van der Waals surface area contributed by atoms with E-state index in [1.54, 1.807) is 31.4 Å². The summed E-state index contributed by atoms with van der Waals surface area (Å²) in [7, 11) is -0.765. The van der Waals surface area contributed by atoms with Gasteiger partial charge in [0.25, 0.3) is 0 Å². The van der Waals surface area contributed by atoms with Crippen LogP contribution in [0.3, 0.4) is 0 Å². The van der Waals surface area contributed by atoms with Crippen molar-refractivity contribution in [1.29, 1.82) is 0 Å². The van der Waals surface area contributed by atoms with Crippen molar-refractivity contribution >= 4 is 35.9 Å². The van der Waals surface area contributed by atoms with Crippen molar-refractivity contribution in [3.63, 3.8) is 0 Å². The fraction of sp³-hybridized carbons (Fsp3) is 0.176. The Morgan fingerprint density at radius 1 is 0.857 bits per heavy atom. The first-order valence-electron chi connectivity index (χ1n) is 7.26. The molecular weight excluding hydrogens is 473 g/mol. The van der Waals surface area contributed by atoms with Crippen LogP contribution < -0.4 is 87.6 Å². The number of phosphoric acid groups is 1. The number of hydrogen-bond donors (Lipinski definition) is 0. The first-order valence-corrected chi connectivity index (χ1v) is 9.52. The van der Waals surface area contributed by atoms with E-state index >= 15 is 0 Å². The van der Waals surface area contributed by atoms with Crippen LogP contribution in [0.25, 0.3) is 12.2 Å². The Morgan fingerprint density at radius 2 is 1.43 bits per heavy atom. The van der Waals surface area contributed by atoms with Gasteiger partial charge in [-0.1, -0.05) is 18.2 Å². The van der Waals surface area contributed by atoms with E-state index in [2.05, 4.69) is 20.5 Å². The third-order valence-electron chi connectivity index (χ3n) is 3.32. The molecule has 2 aromatic rings. The smallest absolute Gasteiger partial charge is 0.780 e. The molecule has 0 spiro atoms. The molecule has 0 saturated heterocycles. The van der Waals surface area contributed by atoms with E-state index in [4.69, 9.17) is 14.2 Å². The Kier molecular flexibility index (Phi) is 12.7. The summed E-state index contributed by atoms with van der Waals surface area (Å²) < 4.78 is 31.6. The average Bonchev–Trinajstić information content (AvgIpc) is 2.58. The van der Waals surface area contributed by atoms with E-state index in [1.807, 2.05) is 6.07 Å². The Balaban J connectivity index is 0.00000364. The van der Waals surface area contributed by atoms with Crippen molar-refractivity contribution in [3.8, 4) is 23.0 Å². The largest absolute Gasteiger partial charge is 1.00 e. The summed E-state index contributed by atoms with van der Waals surface area (Å²) in [5.74, 6) is 1.10. The first-order chi connectivity index (χ1) is 12.3. The molecule has 0 atom stereocenters. The Hall–Kier alpha value is 0.01000. The van der Waals surface area contributed by atoms with E-state index in [1.165, 1.54) is 26.4 Å². The Labute approximate surface area is 216 Å². The van der Waals surface area contributed by atoms with Crippen molar-refractivity contribution in [3.05, 3.63) is 45.9 Å². The summed E-state index contributed by atoms with van der Waals surface area (Å²) >= 11 is 3.41. The molecule has 11 heteroatoms. The van der Waals surface area contributed by atoms with Gasteiger partial charge in [-0.05, 0) is 51.3 Å². The molecule has 0 N–H and O–H groups in total. The topological polar surface area (TPSA) is 100 Å². The summed E-state index contributed by atoms with van der Waals surface area (Å²) in [6.45, 7) is 0. The van der Waals surface area contributed by atoms with Crippen molar-refractivity contribution < 1.29 is 92.2 Å². The molecule has 0 heterocycles. The molecule has 0 unspecified atom stereocenters. The first kappa shape index (κ1) is 28.0. The molecular formula is C17H16BrNa2O7P. The standard InChI is InChI=1S/C17H18BrO7P.2Na/c1-22-14-7-6-11(9-15(14)25-26(19,20)21)4-5-12-8-13(18)17(24-3)16(10-12)23-2;;/h4-10H,1-3H3,(H2,19,20,21);;/q;2*+1/p-2/b5-4-;;. The van der Waals surface area contributed by atoms with E-state index in [-0.39, 0.29) is 70.6 Å². The molecule has 0 saturated carbocycles. The van der Waals surface area contributed by atoms with Crippen LogP contribution >= 0.6 is 23.8 Å². The Morgan fingerprint density at radius 3 is 1.96 bits per heavy atom. The molecule has 0 aromatic heterocycles. The maximum absolute atomic E-state index is 10.9. The molecule has 0 bridgehead atoms. The van der Waals surface area contributed by atoms with Gasteiger partial charge in [-0.15, -0.1) is 0 Å². The molecule has 7 nitrogen and oxygen atoms in total. The third-order valence-corrected chi connectivity index (χ3v) is 4.33. The van der Waals surface area contributed by atoms with E-state index in [9.17, 15) is 14.4 Å². The van der Waals surface area contributed by atoms with Crippen molar-refractivity contribution in [2.45, 2.75) is 0 Å². The second kappa shape index (κ2) is 12.6. The van der Waals surface area contributed by atoms with Crippen molar-refractivity contribution in [2.75, 3.05) is 21.3 Å². The molecule has 0 amide bonds. The predicted octanol–water partition coefficient (Wildman–Crippen LogP) is -3.14. The third kappa shape index (κ3) is 8.03. The minimum Gasteiger partial charge on any atom is -0.780 e. The summed E-state index contributed by atoms with van der Waals surface area (Å²) in [6, 6.07) is 8.22. The molecule has 28 heavy (non-hydrogen) atoms. The number of phosphoric ester groups is 1. The van der Waals surface area contributed by atoms with Gasteiger partial charge in [0.1, 0.15) is 7.82 Å². The second-order valence-electron chi connectivity index (χ2n) is 5.02. The van der Waals surface area contributed by atoms with Crippen LogP contribution in [0.4, 0.5) is 0 Å². The summed E-state index contributed by atoms with van der Waals surface area (Å²) in [5, 5.41) is 0. The monoisotopic (exact) mass is 488 g/mol. The number of halogens is 1. The molecule has 140 valence electrons. The molecule has 0 aliphatic rings. The van der Waals surface area contributed by atoms with Crippen LogP contribution in [-0.4, -0.2) is 21.3 Å². The van der Waals surface area contributed by atoms with Gasteiger partial charge in [-0.3, -0.25) is 0 Å². The van der Waals surface area contributed by atoms with Crippen molar-refractivity contribution in [2.24, 2.45) is 0 Å². The number of hydrogen-bond acceptors (Lipinski definition) is 7. The van der Waals surface area contributed by atoms with Gasteiger partial charge in [-0.25, -0.2) is 0 Å².